The average Bonchev–Trinajstić information content (AvgIpc) is 3.33. The highest BCUT2D eigenvalue weighted by Gasteiger charge is 2.31. The Bertz CT molecular complexity index is 1510. The van der Waals surface area contributed by atoms with Gasteiger partial charge >= 0.3 is 5.97 Å². The van der Waals surface area contributed by atoms with Gasteiger partial charge in [-0.2, -0.15) is 0 Å². The molecule has 0 aliphatic carbocycles. The number of hydrogen-bond donors (Lipinski definition) is 3. The molecular formula is C33H36N4O5. The lowest BCUT2D eigenvalue weighted by Crippen LogP contribution is -2.46. The summed E-state index contributed by atoms with van der Waals surface area (Å²) in [6.45, 7) is 4.36. The predicted molar refractivity (Wildman–Crippen MR) is 163 cm³/mol. The number of methoxy groups -OCH3 is 1. The van der Waals surface area contributed by atoms with Gasteiger partial charge in [0, 0.05) is 49.5 Å². The molecule has 3 N–H and O–H groups in total. The maximum atomic E-state index is 13.3. The number of hydrogen-bond acceptors (Lipinski definition) is 7. The summed E-state index contributed by atoms with van der Waals surface area (Å²) in [7, 11) is 3.18. The number of β-amino-alcohol motifs (C(OH)–C–C–N with tert-alkyl or cyclic N) is 1. The molecule has 0 bridgehead atoms. The Hall–Kier alpha value is -4.47. The normalized spacial score (nSPS) is 16.4. The van der Waals surface area contributed by atoms with Gasteiger partial charge in [-0.15, -0.1) is 0 Å². The molecule has 0 unspecified atom stereocenters. The second-order valence-corrected chi connectivity index (χ2v) is 10.7. The summed E-state index contributed by atoms with van der Waals surface area (Å²) in [5, 5.41) is 15.5. The molecule has 0 atom stereocenters. The fourth-order valence-electron chi connectivity index (χ4n) is 5.67. The van der Waals surface area contributed by atoms with Crippen molar-refractivity contribution in [3.63, 3.8) is 0 Å². The van der Waals surface area contributed by atoms with Crippen molar-refractivity contribution >= 4 is 40.4 Å². The highest BCUT2D eigenvalue weighted by atomic mass is 16.5. The van der Waals surface area contributed by atoms with Gasteiger partial charge in [0.1, 0.15) is 0 Å². The molecule has 0 radical (unpaired) electrons. The number of aryl methyl sites for hydroxylation is 1. The summed E-state index contributed by atoms with van der Waals surface area (Å²) >= 11 is 0. The zero-order valence-corrected chi connectivity index (χ0v) is 24.1. The molecule has 3 aromatic carbocycles. The summed E-state index contributed by atoms with van der Waals surface area (Å²) in [6, 6.07) is 20.5. The zero-order valence-electron chi connectivity index (χ0n) is 24.1. The molecule has 2 heterocycles. The minimum atomic E-state index is -0.462. The van der Waals surface area contributed by atoms with Gasteiger partial charge in [0.2, 0.25) is 0 Å². The highest BCUT2D eigenvalue weighted by molar-refractivity contribution is 6.37. The fourth-order valence-corrected chi connectivity index (χ4v) is 5.67. The lowest BCUT2D eigenvalue weighted by Gasteiger charge is -2.36. The number of rotatable bonds is 8. The zero-order chi connectivity index (χ0) is 29.8. The number of carbonyl (C=O) groups excluding carboxylic acids is 3. The topological polar surface area (TPSA) is 111 Å². The lowest BCUT2D eigenvalue weighted by atomic mass is 9.96. The first-order chi connectivity index (χ1) is 20.3. The van der Waals surface area contributed by atoms with Crippen LogP contribution >= 0.6 is 0 Å². The van der Waals surface area contributed by atoms with E-state index in [1.165, 1.54) is 7.11 Å². The number of nitrogens with one attached hydrogen (secondary N) is 2. The van der Waals surface area contributed by atoms with E-state index in [1.807, 2.05) is 67.4 Å². The average molecular weight is 569 g/mol. The Morgan fingerprint density at radius 3 is 2.38 bits per heavy atom. The summed E-state index contributed by atoms with van der Waals surface area (Å²) in [6.07, 6.45) is 1.75. The number of fused-ring (bicyclic) bond motifs is 1. The molecule has 3 aromatic rings. The minimum Gasteiger partial charge on any atom is -0.465 e. The number of ether oxygens (including phenoxy) is 1. The van der Waals surface area contributed by atoms with Crippen LogP contribution < -0.4 is 10.6 Å². The number of nitrogens with zero attached hydrogens (tertiary/aromatic N) is 2. The summed E-state index contributed by atoms with van der Waals surface area (Å²) in [5.41, 5.74) is 5.54. The maximum absolute atomic E-state index is 13.3. The number of aliphatic hydroxyl groups is 1. The van der Waals surface area contributed by atoms with Gasteiger partial charge in [0.15, 0.2) is 0 Å². The SMILES string of the molecule is COC(=O)c1cc2c(cc1C)/C(=C(/Nc1ccc(C(=O)N(C)C3CCN(CCO)CC3)cc1)c1ccccc1)C(=O)N2. The standard InChI is InChI=1S/C33H36N4O5/c1-21-19-27-28(20-26(21)33(41)42-3)35-31(39)29(27)30(22-7-5-4-6-8-22)34-24-11-9-23(10-12-24)32(40)36(2)25-13-15-37(16-14-25)17-18-38/h4-12,19-20,25,34,38H,13-18H2,1-3H3,(H,35,39)/b30-29-. The third-order valence-electron chi connectivity index (χ3n) is 8.07. The van der Waals surface area contributed by atoms with Gasteiger partial charge in [0.05, 0.1) is 36.2 Å². The van der Waals surface area contributed by atoms with Crippen molar-refractivity contribution in [1.29, 1.82) is 0 Å². The molecule has 2 amide bonds. The Labute approximate surface area is 245 Å². The van der Waals surface area contributed by atoms with E-state index in [-0.39, 0.29) is 24.5 Å². The van der Waals surface area contributed by atoms with Crippen molar-refractivity contribution in [2.24, 2.45) is 0 Å². The first-order valence-corrected chi connectivity index (χ1v) is 14.1. The Kier molecular flexibility index (Phi) is 8.70. The molecule has 0 saturated carbocycles. The summed E-state index contributed by atoms with van der Waals surface area (Å²) < 4.78 is 4.90. The number of aliphatic hydroxyl groups excluding tert-OH is 1. The number of anilines is 2. The van der Waals surface area contributed by atoms with Gasteiger partial charge in [-0.25, -0.2) is 4.79 Å². The van der Waals surface area contributed by atoms with E-state index in [9.17, 15) is 19.5 Å². The van der Waals surface area contributed by atoms with Crippen LogP contribution in [0.1, 0.15) is 50.2 Å². The Balaban J connectivity index is 1.41. The monoisotopic (exact) mass is 568 g/mol. The Morgan fingerprint density at radius 1 is 1.05 bits per heavy atom. The molecule has 5 rings (SSSR count). The number of esters is 1. The number of likely N-dealkylation sites (tertiary alicyclic amines) is 1. The predicted octanol–water partition coefficient (Wildman–Crippen LogP) is 4.24. The molecule has 0 spiro atoms. The second-order valence-electron chi connectivity index (χ2n) is 10.7. The molecule has 1 fully saturated rings. The minimum absolute atomic E-state index is 0.0372. The van der Waals surface area contributed by atoms with Gasteiger partial charge in [-0.1, -0.05) is 30.3 Å². The van der Waals surface area contributed by atoms with Gasteiger partial charge in [-0.3, -0.25) is 9.59 Å². The third-order valence-corrected chi connectivity index (χ3v) is 8.07. The molecule has 0 aromatic heterocycles. The highest BCUT2D eigenvalue weighted by Crippen LogP contribution is 2.39. The maximum Gasteiger partial charge on any atom is 0.338 e. The second kappa shape index (κ2) is 12.6. The lowest BCUT2D eigenvalue weighted by molar-refractivity contribution is -0.110. The number of amides is 2. The van der Waals surface area contributed by atoms with Crippen molar-refractivity contribution in [2.45, 2.75) is 25.8 Å². The van der Waals surface area contributed by atoms with Crippen LogP contribution in [0.25, 0.3) is 11.3 Å². The molecule has 1 saturated heterocycles. The van der Waals surface area contributed by atoms with Crippen molar-refractivity contribution < 1.29 is 24.2 Å². The van der Waals surface area contributed by atoms with E-state index in [0.717, 1.165) is 37.2 Å². The van der Waals surface area contributed by atoms with Gasteiger partial charge < -0.3 is 30.3 Å². The third kappa shape index (κ3) is 5.93. The number of piperidine rings is 1. The van der Waals surface area contributed by atoms with Crippen LogP contribution in [0, 0.1) is 6.92 Å². The van der Waals surface area contributed by atoms with E-state index >= 15 is 0 Å². The molecule has 9 nitrogen and oxygen atoms in total. The van der Waals surface area contributed by atoms with Crippen LogP contribution in [-0.2, 0) is 9.53 Å². The van der Waals surface area contributed by atoms with E-state index < -0.39 is 5.97 Å². The van der Waals surface area contributed by atoms with Crippen molar-refractivity contribution in [3.05, 3.63) is 94.5 Å². The van der Waals surface area contributed by atoms with Gasteiger partial charge in [-0.05, 0) is 67.3 Å². The summed E-state index contributed by atoms with van der Waals surface area (Å²) in [4.78, 5) is 42.9. The Morgan fingerprint density at radius 2 is 1.74 bits per heavy atom. The molecular weight excluding hydrogens is 532 g/mol. The smallest absolute Gasteiger partial charge is 0.338 e. The summed E-state index contributed by atoms with van der Waals surface area (Å²) in [5.74, 6) is -0.781. The molecule has 9 heteroatoms. The first kappa shape index (κ1) is 29.0. The molecule has 42 heavy (non-hydrogen) atoms. The largest absolute Gasteiger partial charge is 0.465 e. The van der Waals surface area contributed by atoms with Crippen LogP contribution in [0.4, 0.5) is 11.4 Å². The van der Waals surface area contributed by atoms with E-state index in [4.69, 9.17) is 4.74 Å². The fraction of sp³-hybridized carbons (Fsp3) is 0.303. The van der Waals surface area contributed by atoms with Crippen molar-refractivity contribution in [3.8, 4) is 0 Å². The molecule has 218 valence electrons. The van der Waals surface area contributed by atoms with Crippen LogP contribution in [0.5, 0.6) is 0 Å². The quantitative estimate of drug-likeness (QED) is 0.275. The van der Waals surface area contributed by atoms with Crippen LogP contribution in [0.2, 0.25) is 0 Å². The van der Waals surface area contributed by atoms with Crippen molar-refractivity contribution in [2.75, 3.05) is 51.0 Å². The van der Waals surface area contributed by atoms with E-state index in [2.05, 4.69) is 15.5 Å². The first-order valence-electron chi connectivity index (χ1n) is 14.1. The van der Waals surface area contributed by atoms with E-state index in [0.29, 0.717) is 45.8 Å². The molecule has 2 aliphatic heterocycles. The van der Waals surface area contributed by atoms with Gasteiger partial charge in [0.25, 0.3) is 11.8 Å². The van der Waals surface area contributed by atoms with Crippen molar-refractivity contribution in [1.82, 2.24) is 9.80 Å². The van der Waals surface area contributed by atoms with Crippen LogP contribution in [0.15, 0.2) is 66.7 Å². The molecule has 2 aliphatic rings. The number of carbonyl (C=O) groups is 3. The van der Waals surface area contributed by atoms with E-state index in [1.54, 1.807) is 18.2 Å². The van der Waals surface area contributed by atoms with Crippen LogP contribution in [0.3, 0.4) is 0 Å². The van der Waals surface area contributed by atoms with Crippen LogP contribution in [-0.4, -0.2) is 79.1 Å². The number of benzene rings is 3.